The number of carbonyl (C=O) groups is 1. The van der Waals surface area contributed by atoms with E-state index in [-0.39, 0.29) is 24.7 Å². The molecule has 2 aromatic carbocycles. The number of nitrogens with zero attached hydrogens (tertiary/aromatic N) is 3. The normalized spacial score (nSPS) is 19.7. The molecule has 6 nitrogen and oxygen atoms in total. The zero-order valence-corrected chi connectivity index (χ0v) is 18.5. The van der Waals surface area contributed by atoms with Crippen LogP contribution in [0.25, 0.3) is 0 Å². The molecule has 31 heavy (non-hydrogen) atoms. The van der Waals surface area contributed by atoms with Crippen molar-refractivity contribution in [3.63, 3.8) is 0 Å². The number of amides is 1. The predicted molar refractivity (Wildman–Crippen MR) is 123 cm³/mol. The molecule has 2 heterocycles. The summed E-state index contributed by atoms with van der Waals surface area (Å²) in [5.41, 5.74) is 3.62. The van der Waals surface area contributed by atoms with Gasteiger partial charge in [0.15, 0.2) is 6.61 Å². The number of aryl methyl sites for hydroxylation is 1. The second kappa shape index (κ2) is 9.71. The molecule has 0 bridgehead atoms. The summed E-state index contributed by atoms with van der Waals surface area (Å²) in [4.78, 5) is 19.3. The molecule has 0 radical (unpaired) electrons. The van der Waals surface area contributed by atoms with Crippen molar-refractivity contribution >= 4 is 11.6 Å². The van der Waals surface area contributed by atoms with Gasteiger partial charge in [0.1, 0.15) is 5.75 Å². The highest BCUT2D eigenvalue weighted by Gasteiger charge is 2.28. The molecule has 1 unspecified atom stereocenters. The predicted octanol–water partition coefficient (Wildman–Crippen LogP) is 2.71. The van der Waals surface area contributed by atoms with Crippen LogP contribution in [0.2, 0.25) is 0 Å². The number of carbonyl (C=O) groups excluding carboxylic acids is 1. The summed E-state index contributed by atoms with van der Waals surface area (Å²) in [5, 5.41) is 9.90. The molecule has 2 aliphatic heterocycles. The number of β-amino-alcohol motifs (C(OH)–C–C–N with tert-alkyl or cyclic N) is 1. The minimum Gasteiger partial charge on any atom is -0.484 e. The van der Waals surface area contributed by atoms with E-state index in [9.17, 15) is 9.90 Å². The molecular formula is C25H33N3O3. The lowest BCUT2D eigenvalue weighted by Crippen LogP contribution is -2.40. The van der Waals surface area contributed by atoms with E-state index in [0.717, 1.165) is 43.7 Å². The second-order valence-corrected chi connectivity index (χ2v) is 8.74. The number of aliphatic hydroxyl groups is 1. The summed E-state index contributed by atoms with van der Waals surface area (Å²) < 4.78 is 5.90. The number of rotatable bonds is 7. The standard InChI is InChI=1S/C25H33N3O3/c1-26-13-6-9-20-15-22(10-11-23(20)26)31-18-25(30)27(2)24(19-7-4-3-5-8-19)17-28-14-12-21(29)16-28/h3-5,7-8,10-11,15,21,24,29H,6,9,12-14,16-18H2,1-2H3/t21-,24?/m0/s1. The molecule has 1 fully saturated rings. The maximum absolute atomic E-state index is 13.0. The van der Waals surface area contributed by atoms with Crippen LogP contribution in [0, 0.1) is 0 Å². The van der Waals surface area contributed by atoms with Gasteiger partial charge in [-0.2, -0.15) is 0 Å². The van der Waals surface area contributed by atoms with E-state index in [1.165, 1.54) is 11.3 Å². The molecule has 0 aliphatic carbocycles. The minimum atomic E-state index is -0.274. The van der Waals surface area contributed by atoms with Crippen LogP contribution in [0.4, 0.5) is 5.69 Å². The third-order valence-corrected chi connectivity index (χ3v) is 6.49. The van der Waals surface area contributed by atoms with Crippen LogP contribution in [0.15, 0.2) is 48.5 Å². The molecule has 166 valence electrons. The summed E-state index contributed by atoms with van der Waals surface area (Å²) in [6.45, 7) is 3.30. The van der Waals surface area contributed by atoms with Crippen LogP contribution >= 0.6 is 0 Å². The van der Waals surface area contributed by atoms with Crippen molar-refractivity contribution in [3.05, 3.63) is 59.7 Å². The zero-order valence-electron chi connectivity index (χ0n) is 18.5. The topological polar surface area (TPSA) is 56.2 Å². The van der Waals surface area contributed by atoms with Gasteiger partial charge in [0.2, 0.25) is 0 Å². The summed E-state index contributed by atoms with van der Waals surface area (Å²) in [7, 11) is 3.96. The largest absolute Gasteiger partial charge is 0.484 e. The van der Waals surface area contributed by atoms with Crippen molar-refractivity contribution in [1.29, 1.82) is 0 Å². The van der Waals surface area contributed by atoms with Crippen LogP contribution in [0.5, 0.6) is 5.75 Å². The van der Waals surface area contributed by atoms with Crippen LogP contribution < -0.4 is 9.64 Å². The van der Waals surface area contributed by atoms with Crippen LogP contribution in [0.3, 0.4) is 0 Å². The number of anilines is 1. The Balaban J connectivity index is 1.42. The van der Waals surface area contributed by atoms with Crippen LogP contribution in [-0.2, 0) is 11.2 Å². The molecule has 1 amide bonds. The van der Waals surface area contributed by atoms with Gasteiger partial charge in [-0.1, -0.05) is 30.3 Å². The monoisotopic (exact) mass is 423 g/mol. The van der Waals surface area contributed by atoms with Gasteiger partial charge in [-0.25, -0.2) is 0 Å². The lowest BCUT2D eigenvalue weighted by molar-refractivity contribution is -0.134. The fourth-order valence-corrected chi connectivity index (χ4v) is 4.62. The highest BCUT2D eigenvalue weighted by atomic mass is 16.5. The van der Waals surface area contributed by atoms with Crippen molar-refractivity contribution in [1.82, 2.24) is 9.80 Å². The summed E-state index contributed by atoms with van der Waals surface area (Å²) in [6.07, 6.45) is 2.69. The number of benzene rings is 2. The molecular weight excluding hydrogens is 390 g/mol. The van der Waals surface area contributed by atoms with E-state index in [1.807, 2.05) is 31.3 Å². The molecule has 0 spiro atoms. The van der Waals surface area contributed by atoms with Crippen LogP contribution in [-0.4, -0.2) is 73.8 Å². The van der Waals surface area contributed by atoms with Gasteiger partial charge >= 0.3 is 0 Å². The van der Waals surface area contributed by atoms with E-state index in [0.29, 0.717) is 13.1 Å². The van der Waals surface area contributed by atoms with Crippen molar-refractivity contribution < 1.29 is 14.6 Å². The lowest BCUT2D eigenvalue weighted by atomic mass is 10.0. The average Bonchev–Trinajstić information content (AvgIpc) is 3.20. The van der Waals surface area contributed by atoms with Crippen molar-refractivity contribution in [2.24, 2.45) is 0 Å². The van der Waals surface area contributed by atoms with Gasteiger partial charge in [-0.3, -0.25) is 9.69 Å². The van der Waals surface area contributed by atoms with Gasteiger partial charge in [-0.15, -0.1) is 0 Å². The third kappa shape index (κ3) is 5.20. The lowest BCUT2D eigenvalue weighted by Gasteiger charge is -2.32. The number of likely N-dealkylation sites (tertiary alicyclic amines) is 1. The molecule has 1 saturated heterocycles. The Labute approximate surface area is 185 Å². The van der Waals surface area contributed by atoms with E-state index in [4.69, 9.17) is 4.74 Å². The molecule has 0 saturated carbocycles. The van der Waals surface area contributed by atoms with Crippen LogP contribution in [0.1, 0.15) is 30.0 Å². The fourth-order valence-electron chi connectivity index (χ4n) is 4.62. The number of likely N-dealkylation sites (N-methyl/N-ethyl adjacent to an activating group) is 1. The maximum atomic E-state index is 13.0. The first-order chi connectivity index (χ1) is 15.0. The Morgan fingerprint density at radius 2 is 2.03 bits per heavy atom. The fraction of sp³-hybridized carbons (Fsp3) is 0.480. The minimum absolute atomic E-state index is 0.0110. The highest BCUT2D eigenvalue weighted by molar-refractivity contribution is 5.78. The molecule has 6 heteroatoms. The SMILES string of the molecule is CN1CCCc2cc(OCC(=O)N(C)C(CN3CC[C@H](O)C3)c3ccccc3)ccc21. The molecule has 1 N–H and O–H groups in total. The van der Waals surface area contributed by atoms with E-state index < -0.39 is 0 Å². The second-order valence-electron chi connectivity index (χ2n) is 8.74. The van der Waals surface area contributed by atoms with Gasteiger partial charge < -0.3 is 19.6 Å². The Morgan fingerprint density at radius 3 is 2.77 bits per heavy atom. The summed E-state index contributed by atoms with van der Waals surface area (Å²) in [6, 6.07) is 16.1. The first-order valence-corrected chi connectivity index (χ1v) is 11.2. The summed E-state index contributed by atoms with van der Waals surface area (Å²) >= 11 is 0. The van der Waals surface area contributed by atoms with E-state index in [1.54, 1.807) is 4.90 Å². The number of aliphatic hydroxyl groups excluding tert-OH is 1. The maximum Gasteiger partial charge on any atom is 0.260 e. The Bertz CT molecular complexity index is 889. The Morgan fingerprint density at radius 1 is 1.23 bits per heavy atom. The molecule has 2 aromatic rings. The summed E-state index contributed by atoms with van der Waals surface area (Å²) in [5.74, 6) is 0.693. The van der Waals surface area contributed by atoms with Crippen molar-refractivity contribution in [2.45, 2.75) is 31.4 Å². The quantitative estimate of drug-likeness (QED) is 0.742. The molecule has 2 aliphatic rings. The number of fused-ring (bicyclic) bond motifs is 1. The number of hydrogen-bond donors (Lipinski definition) is 1. The van der Waals surface area contributed by atoms with Gasteiger partial charge in [-0.05, 0) is 48.6 Å². The molecule has 0 aromatic heterocycles. The smallest absolute Gasteiger partial charge is 0.260 e. The van der Waals surface area contributed by atoms with E-state index >= 15 is 0 Å². The van der Waals surface area contributed by atoms with Crippen molar-refractivity contribution in [3.8, 4) is 5.75 Å². The molecule has 4 rings (SSSR count). The average molecular weight is 424 g/mol. The van der Waals surface area contributed by atoms with Gasteiger partial charge in [0.05, 0.1) is 12.1 Å². The van der Waals surface area contributed by atoms with Gasteiger partial charge in [0.25, 0.3) is 5.91 Å². The molecule has 2 atom stereocenters. The van der Waals surface area contributed by atoms with E-state index in [2.05, 4.69) is 41.1 Å². The Hall–Kier alpha value is -2.57. The van der Waals surface area contributed by atoms with Crippen molar-refractivity contribution in [2.75, 3.05) is 51.8 Å². The number of hydrogen-bond acceptors (Lipinski definition) is 5. The third-order valence-electron chi connectivity index (χ3n) is 6.49. The highest BCUT2D eigenvalue weighted by Crippen LogP contribution is 2.30. The number of ether oxygens (including phenoxy) is 1. The first-order valence-electron chi connectivity index (χ1n) is 11.2. The van der Waals surface area contributed by atoms with Gasteiger partial charge in [0, 0.05) is 46.0 Å². The zero-order chi connectivity index (χ0) is 21.8. The first kappa shape index (κ1) is 21.7. The Kier molecular flexibility index (Phi) is 6.78.